The van der Waals surface area contributed by atoms with Gasteiger partial charge in [0.2, 0.25) is 0 Å². The van der Waals surface area contributed by atoms with Crippen LogP contribution in [0.4, 0.5) is 11.4 Å². The first-order valence-electron chi connectivity index (χ1n) is 8.64. The fourth-order valence-corrected chi connectivity index (χ4v) is 4.01. The Morgan fingerprint density at radius 2 is 1.66 bits per heavy atom. The van der Waals surface area contributed by atoms with Crippen LogP contribution in [0.3, 0.4) is 0 Å². The molecule has 1 aromatic heterocycles. The summed E-state index contributed by atoms with van der Waals surface area (Å²) in [7, 11) is 0. The minimum absolute atomic E-state index is 0.0872. The highest BCUT2D eigenvalue weighted by Gasteiger charge is 2.40. The van der Waals surface area contributed by atoms with Crippen LogP contribution in [-0.4, -0.2) is 16.7 Å². The molecule has 0 saturated carbocycles. The molecule has 0 saturated heterocycles. The molecule has 2 heterocycles. The van der Waals surface area contributed by atoms with Crippen LogP contribution in [0.15, 0.2) is 82.3 Å². The predicted octanol–water partition coefficient (Wildman–Crippen LogP) is 4.41. The number of thioether (sulfide) groups is 1. The molecule has 2 amide bonds. The van der Waals surface area contributed by atoms with Crippen LogP contribution in [0.2, 0.25) is 0 Å². The maximum Gasteiger partial charge on any atom is 0.272 e. The van der Waals surface area contributed by atoms with Crippen molar-refractivity contribution in [3.05, 3.63) is 99.3 Å². The number of benzene rings is 2. The lowest BCUT2D eigenvalue weighted by Crippen LogP contribution is -2.31. The zero-order valence-corrected chi connectivity index (χ0v) is 15.8. The fourth-order valence-electron chi connectivity index (χ4n) is 3.00. The van der Waals surface area contributed by atoms with E-state index in [1.807, 2.05) is 0 Å². The van der Waals surface area contributed by atoms with E-state index < -0.39 is 16.7 Å². The van der Waals surface area contributed by atoms with E-state index >= 15 is 0 Å². The van der Waals surface area contributed by atoms with Gasteiger partial charge in [0, 0.05) is 12.1 Å². The summed E-state index contributed by atoms with van der Waals surface area (Å²) < 4.78 is 5.32. The third-order valence-corrected chi connectivity index (χ3v) is 5.46. The second kappa shape index (κ2) is 7.76. The summed E-state index contributed by atoms with van der Waals surface area (Å²) in [4.78, 5) is 38.1. The molecule has 0 unspecified atom stereocenters. The van der Waals surface area contributed by atoms with Crippen molar-refractivity contribution in [1.82, 2.24) is 0 Å². The molecular weight excluding hydrogens is 392 g/mol. The molecule has 0 radical (unpaired) electrons. The lowest BCUT2D eigenvalue weighted by molar-refractivity contribution is -0.384. The van der Waals surface area contributed by atoms with Gasteiger partial charge in [-0.3, -0.25) is 19.7 Å². The van der Waals surface area contributed by atoms with Crippen molar-refractivity contribution in [1.29, 1.82) is 0 Å². The third kappa shape index (κ3) is 3.57. The maximum absolute atomic E-state index is 13.2. The summed E-state index contributed by atoms with van der Waals surface area (Å²) in [5, 5.41) is 10.9. The summed E-state index contributed by atoms with van der Waals surface area (Å²) in [5.74, 6) is 0.160. The molecule has 29 heavy (non-hydrogen) atoms. The number of carbonyl (C=O) groups is 2. The highest BCUT2D eigenvalue weighted by atomic mass is 32.2. The minimum Gasteiger partial charge on any atom is -0.468 e. The Bertz CT molecular complexity index is 1110. The molecule has 2 aromatic carbocycles. The van der Waals surface area contributed by atoms with Gasteiger partial charge in [0.25, 0.3) is 17.5 Å². The Kier molecular flexibility index (Phi) is 5.01. The van der Waals surface area contributed by atoms with Crippen molar-refractivity contribution in [2.75, 3.05) is 4.90 Å². The van der Waals surface area contributed by atoms with Crippen LogP contribution >= 0.6 is 11.8 Å². The molecule has 0 N–H and O–H groups in total. The number of rotatable bonds is 6. The largest absolute Gasteiger partial charge is 0.468 e. The van der Waals surface area contributed by atoms with Crippen molar-refractivity contribution in [3.63, 3.8) is 0 Å². The van der Waals surface area contributed by atoms with Gasteiger partial charge in [0.05, 0.1) is 33.1 Å². The molecule has 1 aliphatic heterocycles. The van der Waals surface area contributed by atoms with Gasteiger partial charge >= 0.3 is 0 Å². The molecule has 3 aromatic rings. The Hall–Kier alpha value is -3.65. The fraction of sp³-hybridized carbons (Fsp3) is 0.0476. The number of imide groups is 1. The Morgan fingerprint density at radius 1 is 0.931 bits per heavy atom. The number of hydrogen-bond donors (Lipinski definition) is 0. The summed E-state index contributed by atoms with van der Waals surface area (Å²) in [6.45, 7) is 0. The van der Waals surface area contributed by atoms with Gasteiger partial charge in [-0.1, -0.05) is 18.2 Å². The molecule has 0 bridgehead atoms. The first-order chi connectivity index (χ1) is 14.1. The molecule has 0 aliphatic carbocycles. The molecule has 1 aliphatic rings. The zero-order valence-electron chi connectivity index (χ0n) is 15.0. The quantitative estimate of drug-likeness (QED) is 0.342. The van der Waals surface area contributed by atoms with Gasteiger partial charge in [-0.25, -0.2) is 4.90 Å². The maximum atomic E-state index is 13.2. The van der Waals surface area contributed by atoms with E-state index in [4.69, 9.17) is 4.42 Å². The number of carbonyl (C=O) groups excluding carboxylic acids is 2. The molecule has 0 fully saturated rings. The minimum atomic E-state index is -0.511. The van der Waals surface area contributed by atoms with E-state index in [2.05, 4.69) is 0 Å². The summed E-state index contributed by atoms with van der Waals surface area (Å²) in [6.07, 6.45) is 1.54. The highest BCUT2D eigenvalue weighted by molar-refractivity contribution is 8.03. The van der Waals surface area contributed by atoms with E-state index in [0.29, 0.717) is 22.8 Å². The number of nitrogens with zero attached hydrogens (tertiary/aromatic N) is 2. The number of non-ortho nitro benzene ring substituents is 1. The zero-order chi connectivity index (χ0) is 20.4. The summed E-state index contributed by atoms with van der Waals surface area (Å²) in [6, 6.07) is 17.8. The van der Waals surface area contributed by atoms with Crippen molar-refractivity contribution in [2.24, 2.45) is 0 Å². The van der Waals surface area contributed by atoms with E-state index in [-0.39, 0.29) is 16.2 Å². The number of amides is 2. The van der Waals surface area contributed by atoms with Gasteiger partial charge in [-0.05, 0) is 42.0 Å². The topological polar surface area (TPSA) is 93.7 Å². The number of anilines is 1. The van der Waals surface area contributed by atoms with Gasteiger partial charge in [-0.2, -0.15) is 0 Å². The van der Waals surface area contributed by atoms with Crippen LogP contribution in [0, 0.1) is 10.1 Å². The van der Waals surface area contributed by atoms with E-state index in [1.54, 1.807) is 48.7 Å². The standard InChI is InChI=1S/C21H14N2O5S/c24-20-18(14-8-10-16(11-9-14)23(26)27)19(29-13-17-7-4-12-28-17)21(25)22(20)15-5-2-1-3-6-15/h1-12H,13H2. The van der Waals surface area contributed by atoms with E-state index in [0.717, 1.165) is 4.90 Å². The Morgan fingerprint density at radius 3 is 2.28 bits per heavy atom. The number of nitro groups is 1. The van der Waals surface area contributed by atoms with Crippen LogP contribution < -0.4 is 4.90 Å². The highest BCUT2D eigenvalue weighted by Crippen LogP contribution is 2.39. The van der Waals surface area contributed by atoms with Crippen LogP contribution in [0.25, 0.3) is 5.57 Å². The Labute approximate surface area is 169 Å². The second-order valence-corrected chi connectivity index (χ2v) is 7.14. The molecule has 8 heteroatoms. The number of para-hydroxylation sites is 1. The average Bonchev–Trinajstić information content (AvgIpc) is 3.33. The Balaban J connectivity index is 1.75. The SMILES string of the molecule is O=C1C(SCc2ccco2)=C(c2ccc([N+](=O)[O-])cc2)C(=O)N1c1ccccc1. The smallest absolute Gasteiger partial charge is 0.272 e. The van der Waals surface area contributed by atoms with Crippen molar-refractivity contribution >= 4 is 40.5 Å². The predicted molar refractivity (Wildman–Crippen MR) is 109 cm³/mol. The number of furan rings is 1. The van der Waals surface area contributed by atoms with Gasteiger partial charge in [0.1, 0.15) is 5.76 Å². The van der Waals surface area contributed by atoms with Crippen LogP contribution in [-0.2, 0) is 15.3 Å². The lowest BCUT2D eigenvalue weighted by atomic mass is 10.1. The number of nitro benzene ring substituents is 1. The van der Waals surface area contributed by atoms with Gasteiger partial charge < -0.3 is 4.42 Å². The first-order valence-corrected chi connectivity index (χ1v) is 9.63. The summed E-state index contributed by atoms with van der Waals surface area (Å²) in [5.41, 5.74) is 1.06. The normalized spacial score (nSPS) is 14.0. The lowest BCUT2D eigenvalue weighted by Gasteiger charge is -2.14. The number of hydrogen-bond acceptors (Lipinski definition) is 6. The molecule has 144 valence electrons. The molecule has 7 nitrogen and oxygen atoms in total. The second-order valence-electron chi connectivity index (χ2n) is 6.16. The van der Waals surface area contributed by atoms with Crippen molar-refractivity contribution in [3.8, 4) is 0 Å². The molecule has 0 spiro atoms. The van der Waals surface area contributed by atoms with Crippen LogP contribution in [0.1, 0.15) is 11.3 Å². The van der Waals surface area contributed by atoms with Crippen molar-refractivity contribution < 1.29 is 18.9 Å². The summed E-state index contributed by atoms with van der Waals surface area (Å²) >= 11 is 1.21. The third-order valence-electron chi connectivity index (χ3n) is 4.36. The van der Waals surface area contributed by atoms with Gasteiger partial charge in [-0.15, -0.1) is 11.8 Å². The molecule has 0 atom stereocenters. The van der Waals surface area contributed by atoms with Crippen molar-refractivity contribution in [2.45, 2.75) is 5.75 Å². The molecule has 4 rings (SSSR count). The van der Waals surface area contributed by atoms with E-state index in [1.165, 1.54) is 36.0 Å². The monoisotopic (exact) mass is 406 g/mol. The molecular formula is C21H14N2O5S. The average molecular weight is 406 g/mol. The van der Waals surface area contributed by atoms with E-state index in [9.17, 15) is 19.7 Å². The van der Waals surface area contributed by atoms with Gasteiger partial charge in [0.15, 0.2) is 0 Å². The first kappa shape index (κ1) is 18.7. The van der Waals surface area contributed by atoms with Crippen LogP contribution in [0.5, 0.6) is 0 Å².